The molecule has 1 saturated heterocycles. The van der Waals surface area contributed by atoms with Gasteiger partial charge in [-0.1, -0.05) is 0 Å². The first kappa shape index (κ1) is 20.5. The van der Waals surface area contributed by atoms with Crippen LogP contribution in [0.3, 0.4) is 0 Å². The zero-order chi connectivity index (χ0) is 13.5. The quantitative estimate of drug-likeness (QED) is 0.809. The van der Waals surface area contributed by atoms with Crippen molar-refractivity contribution in [3.05, 3.63) is 30.1 Å². The number of rotatable bonds is 6. The van der Waals surface area contributed by atoms with Gasteiger partial charge >= 0.3 is 0 Å². The highest BCUT2D eigenvalue weighted by atomic mass is 35.5. The lowest BCUT2D eigenvalue weighted by Gasteiger charge is -2.29. The Kier molecular flexibility index (Phi) is 10.8. The van der Waals surface area contributed by atoms with Crippen molar-refractivity contribution in [3.8, 4) is 5.75 Å². The Bertz CT molecular complexity index is 370. The molecule has 0 unspecified atom stereocenters. The van der Waals surface area contributed by atoms with Crippen LogP contribution in [0.4, 0.5) is 4.39 Å². The first-order valence-electron chi connectivity index (χ1n) is 7.10. The molecule has 0 bridgehead atoms. The van der Waals surface area contributed by atoms with Gasteiger partial charge in [-0.15, -0.1) is 24.8 Å². The van der Waals surface area contributed by atoms with Crippen molar-refractivity contribution in [1.29, 1.82) is 0 Å². The molecular weight excluding hydrogens is 314 g/mol. The van der Waals surface area contributed by atoms with E-state index >= 15 is 0 Å². The van der Waals surface area contributed by atoms with Gasteiger partial charge in [-0.2, -0.15) is 0 Å². The molecule has 1 aromatic carbocycles. The highest BCUT2D eigenvalue weighted by Gasteiger charge is 2.14. The Morgan fingerprint density at radius 1 is 1.10 bits per heavy atom. The average molecular weight is 339 g/mol. The van der Waals surface area contributed by atoms with Crippen molar-refractivity contribution in [2.45, 2.75) is 31.7 Å². The van der Waals surface area contributed by atoms with Gasteiger partial charge < -0.3 is 15.4 Å². The lowest BCUT2D eigenvalue weighted by Crippen LogP contribution is -2.40. The molecule has 1 aromatic rings. The number of unbranched alkanes of at least 4 members (excludes halogenated alkanes) is 1. The van der Waals surface area contributed by atoms with Gasteiger partial charge in [-0.3, -0.25) is 0 Å². The molecule has 6 heteroatoms. The van der Waals surface area contributed by atoms with Gasteiger partial charge in [0.25, 0.3) is 0 Å². The van der Waals surface area contributed by atoms with Gasteiger partial charge in [0.15, 0.2) is 0 Å². The number of piperidine rings is 1. The molecule has 3 nitrogen and oxygen atoms in total. The summed E-state index contributed by atoms with van der Waals surface area (Å²) in [5, 5.41) is 0. The summed E-state index contributed by atoms with van der Waals surface area (Å²) in [5.41, 5.74) is 5.87. The Labute approximate surface area is 138 Å². The number of ether oxygens (including phenoxy) is 1. The van der Waals surface area contributed by atoms with E-state index in [1.165, 1.54) is 12.1 Å². The third-order valence-corrected chi connectivity index (χ3v) is 3.58. The third-order valence-electron chi connectivity index (χ3n) is 3.58. The number of halogens is 3. The van der Waals surface area contributed by atoms with E-state index in [9.17, 15) is 4.39 Å². The molecule has 21 heavy (non-hydrogen) atoms. The van der Waals surface area contributed by atoms with Gasteiger partial charge in [0.2, 0.25) is 0 Å². The van der Waals surface area contributed by atoms with E-state index in [1.807, 2.05) is 0 Å². The summed E-state index contributed by atoms with van der Waals surface area (Å²) in [7, 11) is 0. The second-order valence-corrected chi connectivity index (χ2v) is 5.19. The van der Waals surface area contributed by atoms with Crippen LogP contribution >= 0.6 is 24.8 Å². The van der Waals surface area contributed by atoms with Crippen LogP contribution in [0.15, 0.2) is 24.3 Å². The van der Waals surface area contributed by atoms with Crippen molar-refractivity contribution in [1.82, 2.24) is 4.90 Å². The fraction of sp³-hybridized carbons (Fsp3) is 0.600. The largest absolute Gasteiger partial charge is 0.494 e. The van der Waals surface area contributed by atoms with Crippen LogP contribution < -0.4 is 10.5 Å². The molecule has 1 heterocycles. The molecule has 1 aliphatic heterocycles. The van der Waals surface area contributed by atoms with Crippen LogP contribution in [0.25, 0.3) is 0 Å². The molecule has 0 saturated carbocycles. The molecule has 2 rings (SSSR count). The smallest absolute Gasteiger partial charge is 0.123 e. The summed E-state index contributed by atoms with van der Waals surface area (Å²) >= 11 is 0. The summed E-state index contributed by atoms with van der Waals surface area (Å²) in [6.45, 7) is 4.07. The van der Waals surface area contributed by atoms with Gasteiger partial charge in [0.05, 0.1) is 6.61 Å². The van der Waals surface area contributed by atoms with Crippen LogP contribution in [0, 0.1) is 5.82 Å². The summed E-state index contributed by atoms with van der Waals surface area (Å²) in [6.07, 6.45) is 4.40. The van der Waals surface area contributed by atoms with Gasteiger partial charge in [-0.25, -0.2) is 4.39 Å². The van der Waals surface area contributed by atoms with Crippen LogP contribution in [0.5, 0.6) is 5.75 Å². The number of hydrogen-bond acceptors (Lipinski definition) is 3. The number of hydrogen-bond donors (Lipinski definition) is 1. The van der Waals surface area contributed by atoms with E-state index in [4.69, 9.17) is 10.5 Å². The summed E-state index contributed by atoms with van der Waals surface area (Å²) < 4.78 is 18.3. The summed E-state index contributed by atoms with van der Waals surface area (Å²) in [5.74, 6) is 0.515. The van der Waals surface area contributed by atoms with Gasteiger partial charge in [0, 0.05) is 6.04 Å². The number of nitrogens with zero attached hydrogens (tertiary/aromatic N) is 1. The van der Waals surface area contributed by atoms with E-state index < -0.39 is 0 Å². The maximum atomic E-state index is 12.7. The van der Waals surface area contributed by atoms with Crippen LogP contribution in [-0.4, -0.2) is 37.2 Å². The van der Waals surface area contributed by atoms with Crippen molar-refractivity contribution < 1.29 is 9.13 Å². The Morgan fingerprint density at radius 2 is 1.71 bits per heavy atom. The molecule has 0 spiro atoms. The standard InChI is InChI=1S/C15H23FN2O.2ClH/c16-13-3-5-15(6-4-13)19-12-2-1-9-18-10-7-14(17)8-11-18;;/h3-6,14H,1-2,7-12,17H2;2*1H. The molecule has 0 aliphatic carbocycles. The maximum absolute atomic E-state index is 12.7. The highest BCUT2D eigenvalue weighted by Crippen LogP contribution is 2.12. The first-order chi connectivity index (χ1) is 9.24. The zero-order valence-electron chi connectivity index (χ0n) is 12.2. The normalized spacial score (nSPS) is 15.9. The molecule has 1 aliphatic rings. The second kappa shape index (κ2) is 11.1. The van der Waals surface area contributed by atoms with E-state index in [2.05, 4.69) is 4.90 Å². The topological polar surface area (TPSA) is 38.5 Å². The predicted molar refractivity (Wildman–Crippen MR) is 89.3 cm³/mol. The van der Waals surface area contributed by atoms with Gasteiger partial charge in [-0.05, 0) is 69.6 Å². The van der Waals surface area contributed by atoms with Crippen LogP contribution in [0.1, 0.15) is 25.7 Å². The zero-order valence-corrected chi connectivity index (χ0v) is 13.8. The lowest BCUT2D eigenvalue weighted by atomic mass is 10.1. The molecule has 2 N–H and O–H groups in total. The first-order valence-corrected chi connectivity index (χ1v) is 7.10. The van der Waals surface area contributed by atoms with Crippen molar-refractivity contribution >= 4 is 24.8 Å². The Hall–Kier alpha value is -0.550. The van der Waals surface area contributed by atoms with Crippen molar-refractivity contribution in [3.63, 3.8) is 0 Å². The minimum Gasteiger partial charge on any atom is -0.494 e. The minimum atomic E-state index is -0.226. The van der Waals surface area contributed by atoms with Crippen LogP contribution in [-0.2, 0) is 0 Å². The Balaban J connectivity index is 0.00000200. The molecule has 0 amide bonds. The number of benzene rings is 1. The third kappa shape index (κ3) is 7.86. The van der Waals surface area contributed by atoms with Crippen LogP contribution in [0.2, 0.25) is 0 Å². The van der Waals surface area contributed by atoms with E-state index in [1.54, 1.807) is 12.1 Å². The SMILES string of the molecule is Cl.Cl.NC1CCN(CCCCOc2ccc(F)cc2)CC1. The molecule has 0 aromatic heterocycles. The maximum Gasteiger partial charge on any atom is 0.123 e. The Morgan fingerprint density at radius 3 is 2.33 bits per heavy atom. The van der Waals surface area contributed by atoms with E-state index in [0.717, 1.165) is 51.1 Å². The molecular formula is C15H25Cl2FN2O. The molecule has 0 atom stereocenters. The predicted octanol–water partition coefficient (Wildman–Crippen LogP) is 3.25. The molecule has 1 fully saturated rings. The fourth-order valence-corrected chi connectivity index (χ4v) is 2.33. The number of nitrogens with two attached hydrogens (primary N) is 1. The fourth-order valence-electron chi connectivity index (χ4n) is 2.33. The van der Waals surface area contributed by atoms with E-state index in [-0.39, 0.29) is 30.6 Å². The number of likely N-dealkylation sites (tertiary alicyclic amines) is 1. The summed E-state index contributed by atoms with van der Waals surface area (Å²) in [4.78, 5) is 2.47. The minimum absolute atomic E-state index is 0. The monoisotopic (exact) mass is 338 g/mol. The highest BCUT2D eigenvalue weighted by molar-refractivity contribution is 5.85. The second-order valence-electron chi connectivity index (χ2n) is 5.19. The lowest BCUT2D eigenvalue weighted by molar-refractivity contribution is 0.203. The van der Waals surface area contributed by atoms with Crippen molar-refractivity contribution in [2.75, 3.05) is 26.2 Å². The van der Waals surface area contributed by atoms with Crippen molar-refractivity contribution in [2.24, 2.45) is 5.73 Å². The molecule has 122 valence electrons. The van der Waals surface area contributed by atoms with E-state index in [0.29, 0.717) is 12.6 Å². The summed E-state index contributed by atoms with van der Waals surface area (Å²) in [6, 6.07) is 6.58. The average Bonchev–Trinajstić information content (AvgIpc) is 2.43. The molecule has 0 radical (unpaired) electrons. The van der Waals surface area contributed by atoms with Gasteiger partial charge in [0.1, 0.15) is 11.6 Å².